The normalized spacial score (nSPS) is 10.3. The average Bonchev–Trinajstić information content (AvgIpc) is 2.69. The highest BCUT2D eigenvalue weighted by Crippen LogP contribution is 2.19. The fourth-order valence-corrected chi connectivity index (χ4v) is 2.27. The van der Waals surface area contributed by atoms with Crippen LogP contribution in [0.1, 0.15) is 24.2 Å². The predicted octanol–water partition coefficient (Wildman–Crippen LogP) is 2.40. The highest BCUT2D eigenvalue weighted by atomic mass is 16.5. The van der Waals surface area contributed by atoms with Crippen LogP contribution in [0.4, 0.5) is 0 Å². The molecule has 2 amide bonds. The lowest BCUT2D eigenvalue weighted by molar-refractivity contribution is -0.147. The summed E-state index contributed by atoms with van der Waals surface area (Å²) in [5.41, 5.74) is 2.50. The van der Waals surface area contributed by atoms with Crippen molar-refractivity contribution in [3.8, 4) is 11.1 Å². The van der Waals surface area contributed by atoms with Crippen LogP contribution < -0.4 is 10.6 Å². The van der Waals surface area contributed by atoms with Gasteiger partial charge in [0.1, 0.15) is 6.54 Å². The van der Waals surface area contributed by atoms with Crippen molar-refractivity contribution in [2.45, 2.75) is 13.8 Å². The van der Waals surface area contributed by atoms with Crippen molar-refractivity contribution >= 4 is 17.8 Å². The smallest absolute Gasteiger partial charge is 0.325 e. The molecule has 0 bridgehead atoms. The van der Waals surface area contributed by atoms with Gasteiger partial charge in [-0.05, 0) is 29.2 Å². The fraction of sp³-hybridized carbons (Fsp3) is 0.286. The van der Waals surface area contributed by atoms with E-state index in [-0.39, 0.29) is 25.0 Å². The number of nitrogens with one attached hydrogen (secondary N) is 2. The van der Waals surface area contributed by atoms with Gasteiger partial charge in [-0.3, -0.25) is 14.4 Å². The van der Waals surface area contributed by atoms with Crippen molar-refractivity contribution < 1.29 is 19.1 Å². The second kappa shape index (κ2) is 10.1. The van der Waals surface area contributed by atoms with E-state index < -0.39 is 5.97 Å². The summed E-state index contributed by atoms with van der Waals surface area (Å²) in [6.45, 7) is 3.80. The van der Waals surface area contributed by atoms with Crippen LogP contribution in [-0.4, -0.2) is 37.5 Å². The number of carbonyl (C=O) groups excluding carboxylic acids is 3. The Labute approximate surface area is 158 Å². The van der Waals surface area contributed by atoms with Crippen molar-refractivity contribution in [3.63, 3.8) is 0 Å². The topological polar surface area (TPSA) is 84.5 Å². The molecule has 2 N–H and O–H groups in total. The van der Waals surface area contributed by atoms with E-state index in [0.717, 1.165) is 11.1 Å². The van der Waals surface area contributed by atoms with Crippen molar-refractivity contribution in [3.05, 3.63) is 60.2 Å². The number of ether oxygens (including phenoxy) is 1. The maximum Gasteiger partial charge on any atom is 0.325 e. The van der Waals surface area contributed by atoms with Crippen LogP contribution in [0.2, 0.25) is 0 Å². The van der Waals surface area contributed by atoms with Gasteiger partial charge in [-0.2, -0.15) is 0 Å². The quantitative estimate of drug-likeness (QED) is 0.701. The van der Waals surface area contributed by atoms with Gasteiger partial charge in [0.2, 0.25) is 0 Å². The minimum Gasteiger partial charge on any atom is -0.454 e. The molecule has 0 heterocycles. The monoisotopic (exact) mass is 368 g/mol. The summed E-state index contributed by atoms with van der Waals surface area (Å²) in [4.78, 5) is 35.2. The molecule has 0 atom stereocenters. The van der Waals surface area contributed by atoms with Gasteiger partial charge in [0.05, 0.1) is 0 Å². The second-order valence-corrected chi connectivity index (χ2v) is 6.48. The first-order chi connectivity index (χ1) is 13.0. The first-order valence-electron chi connectivity index (χ1n) is 8.81. The van der Waals surface area contributed by atoms with Gasteiger partial charge in [-0.25, -0.2) is 0 Å². The van der Waals surface area contributed by atoms with Gasteiger partial charge in [0.25, 0.3) is 11.8 Å². The molecule has 0 aromatic heterocycles. The van der Waals surface area contributed by atoms with Gasteiger partial charge in [0.15, 0.2) is 6.61 Å². The van der Waals surface area contributed by atoms with E-state index in [1.54, 1.807) is 12.1 Å². The van der Waals surface area contributed by atoms with Gasteiger partial charge in [-0.15, -0.1) is 0 Å². The highest BCUT2D eigenvalue weighted by Gasteiger charge is 2.11. The van der Waals surface area contributed by atoms with Crippen molar-refractivity contribution in [2.75, 3.05) is 19.7 Å². The molecule has 2 aromatic rings. The molecule has 6 heteroatoms. The third-order valence-corrected chi connectivity index (χ3v) is 3.72. The molecule has 0 saturated heterocycles. The van der Waals surface area contributed by atoms with Gasteiger partial charge >= 0.3 is 5.97 Å². The molecule has 0 spiro atoms. The summed E-state index contributed by atoms with van der Waals surface area (Å²) in [6, 6.07) is 16.9. The van der Waals surface area contributed by atoms with E-state index in [4.69, 9.17) is 4.74 Å². The molecule has 0 aliphatic rings. The minimum atomic E-state index is -0.663. The molecule has 2 aromatic carbocycles. The Morgan fingerprint density at radius 1 is 0.889 bits per heavy atom. The van der Waals surface area contributed by atoms with Crippen LogP contribution in [-0.2, 0) is 14.3 Å². The largest absolute Gasteiger partial charge is 0.454 e. The second-order valence-electron chi connectivity index (χ2n) is 6.48. The van der Waals surface area contributed by atoms with E-state index in [1.165, 1.54) is 0 Å². The Morgan fingerprint density at radius 2 is 1.52 bits per heavy atom. The zero-order valence-corrected chi connectivity index (χ0v) is 15.5. The van der Waals surface area contributed by atoms with Gasteiger partial charge in [-0.1, -0.05) is 56.3 Å². The lowest BCUT2D eigenvalue weighted by Gasteiger charge is -2.09. The number of rotatable bonds is 8. The number of hydrogen-bond donors (Lipinski definition) is 2. The standard InChI is InChI=1S/C21H24N2O4/c1-15(2)12-22-19(24)14-27-20(25)13-23-21(26)18-10-8-17(9-11-18)16-6-4-3-5-7-16/h3-11,15H,12-14H2,1-2H3,(H,22,24)(H,23,26). The van der Waals surface area contributed by atoms with Crippen molar-refractivity contribution in [1.82, 2.24) is 10.6 Å². The van der Waals surface area contributed by atoms with E-state index in [9.17, 15) is 14.4 Å². The SMILES string of the molecule is CC(C)CNC(=O)COC(=O)CNC(=O)c1ccc(-c2ccccc2)cc1. The Kier molecular flexibility index (Phi) is 7.55. The Morgan fingerprint density at radius 3 is 2.15 bits per heavy atom. The van der Waals surface area contributed by atoms with Crippen molar-refractivity contribution in [2.24, 2.45) is 5.92 Å². The molecule has 0 radical (unpaired) electrons. The molecule has 0 aliphatic heterocycles. The molecule has 2 rings (SSSR count). The van der Waals surface area contributed by atoms with E-state index in [2.05, 4.69) is 10.6 Å². The van der Waals surface area contributed by atoms with Crippen LogP contribution in [0, 0.1) is 5.92 Å². The first-order valence-corrected chi connectivity index (χ1v) is 8.81. The molecule has 142 valence electrons. The van der Waals surface area contributed by atoms with E-state index in [0.29, 0.717) is 18.0 Å². The summed E-state index contributed by atoms with van der Waals surface area (Å²) in [7, 11) is 0. The van der Waals surface area contributed by atoms with Crippen LogP contribution >= 0.6 is 0 Å². The lowest BCUT2D eigenvalue weighted by atomic mass is 10.0. The van der Waals surface area contributed by atoms with Gasteiger partial charge in [0, 0.05) is 12.1 Å². The molecule has 6 nitrogen and oxygen atoms in total. The zero-order valence-electron chi connectivity index (χ0n) is 15.5. The third-order valence-electron chi connectivity index (χ3n) is 3.72. The predicted molar refractivity (Wildman–Crippen MR) is 103 cm³/mol. The molecule has 27 heavy (non-hydrogen) atoms. The number of benzene rings is 2. The van der Waals surface area contributed by atoms with Crippen LogP contribution in [0.5, 0.6) is 0 Å². The number of amides is 2. The zero-order chi connectivity index (χ0) is 19.6. The number of esters is 1. The van der Waals surface area contributed by atoms with E-state index >= 15 is 0 Å². The molecular weight excluding hydrogens is 344 g/mol. The van der Waals surface area contributed by atoms with Crippen molar-refractivity contribution in [1.29, 1.82) is 0 Å². The summed E-state index contributed by atoms with van der Waals surface area (Å²) < 4.78 is 4.83. The minimum absolute atomic E-state index is 0.295. The fourth-order valence-electron chi connectivity index (χ4n) is 2.27. The van der Waals surface area contributed by atoms with Crippen LogP contribution in [0.15, 0.2) is 54.6 Å². The van der Waals surface area contributed by atoms with Crippen LogP contribution in [0.3, 0.4) is 0 Å². The number of hydrogen-bond acceptors (Lipinski definition) is 4. The summed E-state index contributed by atoms with van der Waals surface area (Å²) in [5.74, 6) is -1.09. The molecule has 0 aliphatic carbocycles. The number of carbonyl (C=O) groups is 3. The Hall–Kier alpha value is -3.15. The summed E-state index contributed by atoms with van der Waals surface area (Å²) >= 11 is 0. The maximum atomic E-state index is 12.1. The third kappa shape index (κ3) is 6.93. The van der Waals surface area contributed by atoms with Crippen LogP contribution in [0.25, 0.3) is 11.1 Å². The lowest BCUT2D eigenvalue weighted by Crippen LogP contribution is -2.35. The maximum absolute atomic E-state index is 12.1. The summed E-state index contributed by atoms with van der Waals surface area (Å²) in [6.07, 6.45) is 0. The Balaban J connectivity index is 1.76. The summed E-state index contributed by atoms with van der Waals surface area (Å²) in [5, 5.41) is 5.13. The molecular formula is C21H24N2O4. The van der Waals surface area contributed by atoms with E-state index in [1.807, 2.05) is 56.3 Å². The molecule has 0 saturated carbocycles. The highest BCUT2D eigenvalue weighted by molar-refractivity contribution is 5.96. The molecule has 0 unspecified atom stereocenters. The average molecular weight is 368 g/mol. The first kappa shape index (κ1) is 20.2. The van der Waals surface area contributed by atoms with Gasteiger partial charge < -0.3 is 15.4 Å². The Bertz CT molecular complexity index is 771. The molecule has 0 fully saturated rings.